The number of amides is 1. The van der Waals surface area contributed by atoms with Crippen molar-refractivity contribution in [2.24, 2.45) is 0 Å². The van der Waals surface area contributed by atoms with E-state index in [1.807, 2.05) is 37.4 Å². The summed E-state index contributed by atoms with van der Waals surface area (Å²) in [6.45, 7) is 5.01. The van der Waals surface area contributed by atoms with E-state index in [4.69, 9.17) is 9.47 Å². The smallest absolute Gasteiger partial charge is 0.256 e. The van der Waals surface area contributed by atoms with E-state index in [9.17, 15) is 4.79 Å². The van der Waals surface area contributed by atoms with Gasteiger partial charge < -0.3 is 14.4 Å². The van der Waals surface area contributed by atoms with Crippen LogP contribution in [0.4, 0.5) is 0 Å². The summed E-state index contributed by atoms with van der Waals surface area (Å²) in [5.74, 6) is -0.00282. The number of methoxy groups -OCH3 is 1. The van der Waals surface area contributed by atoms with Gasteiger partial charge in [0.15, 0.2) is 6.10 Å². The molecule has 1 aliphatic rings. The van der Waals surface area contributed by atoms with Crippen LogP contribution in [-0.2, 0) is 14.3 Å². The Kier molecular flexibility index (Phi) is 6.17. The molecule has 1 heterocycles. The van der Waals surface area contributed by atoms with E-state index < -0.39 is 6.10 Å². The minimum Gasteiger partial charge on any atom is -0.379 e. The second-order valence-corrected chi connectivity index (χ2v) is 5.24. The Hall–Kier alpha value is -1.43. The number of hydrogen-bond acceptors (Lipinski definition) is 4. The standard InChI is InChI=1S/C16H24N2O3/c1-17(8-9-18-10-12-21-13-11-18)16(19)15(20-2)14-6-4-3-5-7-14/h3-7,15H,8-13H2,1-2H3. The van der Waals surface area contributed by atoms with Crippen LogP contribution in [-0.4, -0.2) is 69.3 Å². The second-order valence-electron chi connectivity index (χ2n) is 5.24. The molecule has 1 aromatic carbocycles. The van der Waals surface area contributed by atoms with Crippen LogP contribution < -0.4 is 0 Å². The van der Waals surface area contributed by atoms with Crippen molar-refractivity contribution in [3.05, 3.63) is 35.9 Å². The molecule has 116 valence electrons. The highest BCUT2D eigenvalue weighted by molar-refractivity contribution is 5.82. The molecule has 1 saturated heterocycles. The summed E-state index contributed by atoms with van der Waals surface area (Å²) in [6, 6.07) is 9.61. The second kappa shape index (κ2) is 8.12. The molecule has 1 amide bonds. The number of carbonyl (C=O) groups excluding carboxylic acids is 1. The zero-order valence-corrected chi connectivity index (χ0v) is 12.8. The Morgan fingerprint density at radius 1 is 1.33 bits per heavy atom. The van der Waals surface area contributed by atoms with Gasteiger partial charge in [0.1, 0.15) is 0 Å². The number of likely N-dealkylation sites (N-methyl/N-ethyl adjacent to an activating group) is 1. The molecule has 0 spiro atoms. The van der Waals surface area contributed by atoms with Gasteiger partial charge in [0.25, 0.3) is 5.91 Å². The Labute approximate surface area is 126 Å². The van der Waals surface area contributed by atoms with Crippen LogP contribution in [0.5, 0.6) is 0 Å². The SMILES string of the molecule is COC(C(=O)N(C)CCN1CCOCC1)c1ccccc1. The first kappa shape index (κ1) is 15.9. The summed E-state index contributed by atoms with van der Waals surface area (Å²) in [5.41, 5.74) is 0.892. The van der Waals surface area contributed by atoms with E-state index in [-0.39, 0.29) is 5.91 Å². The summed E-state index contributed by atoms with van der Waals surface area (Å²) in [7, 11) is 3.41. The molecule has 1 atom stereocenters. The van der Waals surface area contributed by atoms with E-state index in [0.717, 1.165) is 38.4 Å². The maximum atomic E-state index is 12.5. The number of hydrogen-bond donors (Lipinski definition) is 0. The summed E-state index contributed by atoms with van der Waals surface area (Å²) >= 11 is 0. The first-order valence-electron chi connectivity index (χ1n) is 7.35. The lowest BCUT2D eigenvalue weighted by Gasteiger charge is -2.29. The van der Waals surface area contributed by atoms with Crippen LogP contribution in [0.25, 0.3) is 0 Å². The highest BCUT2D eigenvalue weighted by Gasteiger charge is 2.23. The highest BCUT2D eigenvalue weighted by Crippen LogP contribution is 2.18. The van der Waals surface area contributed by atoms with Crippen molar-refractivity contribution in [2.45, 2.75) is 6.10 Å². The summed E-state index contributed by atoms with van der Waals surface area (Å²) < 4.78 is 10.7. The van der Waals surface area contributed by atoms with Gasteiger partial charge in [0.05, 0.1) is 13.2 Å². The largest absolute Gasteiger partial charge is 0.379 e. The number of nitrogens with zero attached hydrogens (tertiary/aromatic N) is 2. The third kappa shape index (κ3) is 4.52. The van der Waals surface area contributed by atoms with Crippen molar-refractivity contribution in [3.8, 4) is 0 Å². The Morgan fingerprint density at radius 3 is 2.62 bits per heavy atom. The molecule has 1 fully saturated rings. The van der Waals surface area contributed by atoms with Gasteiger partial charge in [-0.2, -0.15) is 0 Å². The molecular formula is C16H24N2O3. The zero-order valence-electron chi connectivity index (χ0n) is 12.8. The van der Waals surface area contributed by atoms with Crippen LogP contribution in [0.15, 0.2) is 30.3 Å². The fourth-order valence-electron chi connectivity index (χ4n) is 2.43. The van der Waals surface area contributed by atoms with Crippen LogP contribution in [0, 0.1) is 0 Å². The topological polar surface area (TPSA) is 42.0 Å². The molecule has 0 aromatic heterocycles. The third-order valence-electron chi connectivity index (χ3n) is 3.79. The average Bonchev–Trinajstić information content (AvgIpc) is 2.55. The number of ether oxygens (including phenoxy) is 2. The van der Waals surface area contributed by atoms with Crippen molar-refractivity contribution in [1.29, 1.82) is 0 Å². The first-order valence-corrected chi connectivity index (χ1v) is 7.35. The summed E-state index contributed by atoms with van der Waals surface area (Å²) in [4.78, 5) is 16.6. The molecule has 1 unspecified atom stereocenters. The van der Waals surface area contributed by atoms with Crippen molar-refractivity contribution < 1.29 is 14.3 Å². The van der Waals surface area contributed by atoms with Crippen molar-refractivity contribution >= 4 is 5.91 Å². The van der Waals surface area contributed by atoms with Crippen molar-refractivity contribution in [3.63, 3.8) is 0 Å². The van der Waals surface area contributed by atoms with E-state index in [1.54, 1.807) is 12.0 Å². The molecule has 0 bridgehead atoms. The molecule has 1 aliphatic heterocycles. The summed E-state index contributed by atoms with van der Waals surface area (Å²) in [6.07, 6.45) is -0.527. The number of morpholine rings is 1. The predicted octanol–water partition coefficient (Wildman–Crippen LogP) is 1.16. The molecule has 1 aromatic rings. The lowest BCUT2D eigenvalue weighted by Crippen LogP contribution is -2.43. The molecule has 0 aliphatic carbocycles. The van der Waals surface area contributed by atoms with Crippen LogP contribution in [0.2, 0.25) is 0 Å². The maximum absolute atomic E-state index is 12.5. The molecule has 21 heavy (non-hydrogen) atoms. The molecule has 5 nitrogen and oxygen atoms in total. The minimum atomic E-state index is -0.527. The number of benzene rings is 1. The maximum Gasteiger partial charge on any atom is 0.256 e. The molecular weight excluding hydrogens is 268 g/mol. The fourth-order valence-corrected chi connectivity index (χ4v) is 2.43. The van der Waals surface area contributed by atoms with E-state index in [2.05, 4.69) is 4.90 Å². The molecule has 2 rings (SSSR count). The first-order chi connectivity index (χ1) is 10.2. The van der Waals surface area contributed by atoms with Gasteiger partial charge in [-0.25, -0.2) is 0 Å². The van der Waals surface area contributed by atoms with E-state index in [1.165, 1.54) is 0 Å². The number of carbonyl (C=O) groups is 1. The Bertz CT molecular complexity index is 432. The Morgan fingerprint density at radius 2 is 2.00 bits per heavy atom. The van der Waals surface area contributed by atoms with Gasteiger partial charge in [-0.1, -0.05) is 30.3 Å². The predicted molar refractivity (Wildman–Crippen MR) is 81.1 cm³/mol. The highest BCUT2D eigenvalue weighted by atomic mass is 16.5. The quantitative estimate of drug-likeness (QED) is 0.789. The average molecular weight is 292 g/mol. The van der Waals surface area contributed by atoms with Crippen LogP contribution in [0.1, 0.15) is 11.7 Å². The number of rotatable bonds is 6. The zero-order chi connectivity index (χ0) is 15.1. The van der Waals surface area contributed by atoms with Gasteiger partial charge in [0.2, 0.25) is 0 Å². The summed E-state index contributed by atoms with van der Waals surface area (Å²) in [5, 5.41) is 0. The lowest BCUT2D eigenvalue weighted by atomic mass is 10.1. The van der Waals surface area contributed by atoms with E-state index >= 15 is 0 Å². The molecule has 0 radical (unpaired) electrons. The van der Waals surface area contributed by atoms with E-state index in [0.29, 0.717) is 6.54 Å². The van der Waals surface area contributed by atoms with Crippen LogP contribution in [0.3, 0.4) is 0 Å². The Balaban J connectivity index is 1.88. The van der Waals surface area contributed by atoms with Gasteiger partial charge in [-0.3, -0.25) is 9.69 Å². The monoisotopic (exact) mass is 292 g/mol. The molecule has 0 N–H and O–H groups in total. The normalized spacial score (nSPS) is 17.4. The van der Waals surface area contributed by atoms with Crippen LogP contribution >= 0.6 is 0 Å². The van der Waals surface area contributed by atoms with Crippen molar-refractivity contribution in [2.75, 3.05) is 53.6 Å². The fraction of sp³-hybridized carbons (Fsp3) is 0.562. The molecule has 5 heteroatoms. The van der Waals surface area contributed by atoms with Gasteiger partial charge in [-0.05, 0) is 5.56 Å². The van der Waals surface area contributed by atoms with Gasteiger partial charge in [0, 0.05) is 40.3 Å². The molecule has 0 saturated carbocycles. The van der Waals surface area contributed by atoms with Gasteiger partial charge >= 0.3 is 0 Å². The third-order valence-corrected chi connectivity index (χ3v) is 3.79. The minimum absolute atomic E-state index is 0.00282. The lowest BCUT2D eigenvalue weighted by molar-refractivity contribution is -0.141. The van der Waals surface area contributed by atoms with Gasteiger partial charge in [-0.15, -0.1) is 0 Å². The van der Waals surface area contributed by atoms with Crippen molar-refractivity contribution in [1.82, 2.24) is 9.80 Å².